The number of ether oxygens (including phenoxy) is 3. The molecule has 0 aliphatic carbocycles. The predicted octanol–water partition coefficient (Wildman–Crippen LogP) is -0.279. The number of morpholine rings is 1. The first-order chi connectivity index (χ1) is 13.7. The maximum absolute atomic E-state index is 5.86. The van der Waals surface area contributed by atoms with Crippen LogP contribution in [0, 0.1) is 0 Å². The zero-order chi connectivity index (χ0) is 18.9. The maximum Gasteiger partial charge on any atom is 0.231 e. The van der Waals surface area contributed by atoms with Gasteiger partial charge in [-0.3, -0.25) is 0 Å². The highest BCUT2D eigenvalue weighted by molar-refractivity contribution is 5.60. The number of nitrogens with two attached hydrogens (primary N) is 1. The van der Waals surface area contributed by atoms with Crippen molar-refractivity contribution in [2.75, 3.05) is 43.7 Å². The van der Waals surface area contributed by atoms with Crippen molar-refractivity contribution >= 4 is 11.9 Å². The van der Waals surface area contributed by atoms with Crippen molar-refractivity contribution in [3.63, 3.8) is 0 Å². The topological polar surface area (TPSA) is 139 Å². The Morgan fingerprint density at radius 2 is 1.89 bits per heavy atom. The van der Waals surface area contributed by atoms with E-state index in [0.29, 0.717) is 55.4 Å². The van der Waals surface area contributed by atoms with Gasteiger partial charge in [0.05, 0.1) is 13.2 Å². The Labute approximate surface area is 159 Å². The van der Waals surface area contributed by atoms with Crippen LogP contribution in [0.5, 0.6) is 11.5 Å². The molecule has 2 aliphatic heterocycles. The first-order valence-electron chi connectivity index (χ1n) is 8.75. The van der Waals surface area contributed by atoms with Crippen molar-refractivity contribution in [1.82, 2.24) is 35.2 Å². The summed E-state index contributed by atoms with van der Waals surface area (Å²) in [5.41, 5.74) is 6.63. The minimum absolute atomic E-state index is 0.155. The zero-order valence-corrected chi connectivity index (χ0v) is 14.9. The van der Waals surface area contributed by atoms with Gasteiger partial charge < -0.3 is 24.8 Å². The quantitative estimate of drug-likeness (QED) is 0.636. The molecule has 2 N–H and O–H groups in total. The number of anilines is 2. The lowest BCUT2D eigenvalue weighted by molar-refractivity contribution is 0.122. The zero-order valence-electron chi connectivity index (χ0n) is 14.9. The lowest BCUT2D eigenvalue weighted by Gasteiger charge is -2.26. The van der Waals surface area contributed by atoms with Crippen LogP contribution in [0.15, 0.2) is 18.2 Å². The van der Waals surface area contributed by atoms with Gasteiger partial charge in [0.25, 0.3) is 0 Å². The summed E-state index contributed by atoms with van der Waals surface area (Å²) in [7, 11) is 0. The number of benzene rings is 1. The Bertz CT molecular complexity index is 1000. The van der Waals surface area contributed by atoms with Crippen LogP contribution in [0.25, 0.3) is 11.4 Å². The highest BCUT2D eigenvalue weighted by Gasteiger charge is 2.18. The van der Waals surface area contributed by atoms with Crippen molar-refractivity contribution in [1.29, 1.82) is 0 Å². The van der Waals surface area contributed by atoms with Crippen molar-refractivity contribution in [2.45, 2.75) is 6.54 Å². The lowest BCUT2D eigenvalue weighted by atomic mass is 10.2. The van der Waals surface area contributed by atoms with Gasteiger partial charge in [0, 0.05) is 18.7 Å². The van der Waals surface area contributed by atoms with Crippen LogP contribution in [-0.4, -0.2) is 68.3 Å². The third-order valence-corrected chi connectivity index (χ3v) is 4.35. The molecule has 1 aromatic carbocycles. The Morgan fingerprint density at radius 1 is 1.04 bits per heavy atom. The third-order valence-electron chi connectivity index (χ3n) is 4.35. The second kappa shape index (κ2) is 6.88. The fourth-order valence-electron chi connectivity index (χ4n) is 2.99. The van der Waals surface area contributed by atoms with E-state index in [4.69, 9.17) is 19.9 Å². The van der Waals surface area contributed by atoms with E-state index in [0.717, 1.165) is 5.56 Å². The number of nitrogen functional groups attached to an aromatic ring is 1. The number of fused-ring (bicyclic) bond motifs is 1. The molecule has 0 saturated carbocycles. The molecular weight excluding hydrogens is 366 g/mol. The lowest BCUT2D eigenvalue weighted by Crippen LogP contribution is -2.37. The van der Waals surface area contributed by atoms with E-state index >= 15 is 0 Å². The van der Waals surface area contributed by atoms with Gasteiger partial charge in [-0.2, -0.15) is 19.7 Å². The van der Waals surface area contributed by atoms with Crippen LogP contribution in [-0.2, 0) is 11.3 Å². The molecule has 12 nitrogen and oxygen atoms in total. The van der Waals surface area contributed by atoms with Crippen molar-refractivity contribution < 1.29 is 14.2 Å². The second-order valence-electron chi connectivity index (χ2n) is 6.22. The van der Waals surface area contributed by atoms with Crippen LogP contribution in [0.2, 0.25) is 0 Å². The van der Waals surface area contributed by atoms with Gasteiger partial charge in [0.2, 0.25) is 24.5 Å². The van der Waals surface area contributed by atoms with Gasteiger partial charge in [0.1, 0.15) is 6.54 Å². The molecule has 0 unspecified atom stereocenters. The minimum Gasteiger partial charge on any atom is -0.454 e. The molecule has 5 rings (SSSR count). The maximum atomic E-state index is 5.86. The molecule has 1 saturated heterocycles. The van der Waals surface area contributed by atoms with Crippen LogP contribution >= 0.6 is 0 Å². The van der Waals surface area contributed by atoms with Gasteiger partial charge >= 0.3 is 0 Å². The molecule has 0 radical (unpaired) electrons. The fourth-order valence-corrected chi connectivity index (χ4v) is 2.99. The summed E-state index contributed by atoms with van der Waals surface area (Å²) in [6.07, 6.45) is 0. The predicted molar refractivity (Wildman–Crippen MR) is 95.7 cm³/mol. The number of rotatable bonds is 4. The van der Waals surface area contributed by atoms with Gasteiger partial charge in [-0.15, -0.1) is 10.2 Å². The summed E-state index contributed by atoms with van der Waals surface area (Å²) in [5, 5.41) is 12.6. The van der Waals surface area contributed by atoms with Crippen LogP contribution < -0.4 is 20.1 Å². The number of nitrogens with zero attached hydrogens (tertiary/aromatic N) is 8. The van der Waals surface area contributed by atoms with E-state index in [1.807, 2.05) is 23.1 Å². The number of hydrogen-bond donors (Lipinski definition) is 1. The molecule has 0 spiro atoms. The van der Waals surface area contributed by atoms with Crippen molar-refractivity contribution in [3.05, 3.63) is 24.0 Å². The standard InChI is InChI=1S/C16H17N9O3/c17-15-18-13(19-16(20-15)24-3-5-26-6-4-24)8-25-22-14(21-23-25)10-1-2-11-12(7-10)28-9-27-11/h1-2,7H,3-6,8-9H2,(H2,17,18,19,20). The summed E-state index contributed by atoms with van der Waals surface area (Å²) < 4.78 is 16.1. The fraction of sp³-hybridized carbons (Fsp3) is 0.375. The summed E-state index contributed by atoms with van der Waals surface area (Å²) in [6, 6.07) is 5.49. The average Bonchev–Trinajstić information content (AvgIpc) is 3.37. The summed E-state index contributed by atoms with van der Waals surface area (Å²) in [5.74, 6) is 2.98. The van der Waals surface area contributed by atoms with Gasteiger partial charge in [-0.05, 0) is 23.4 Å². The largest absolute Gasteiger partial charge is 0.454 e. The molecule has 144 valence electrons. The molecule has 2 aromatic heterocycles. The van der Waals surface area contributed by atoms with E-state index in [9.17, 15) is 0 Å². The van der Waals surface area contributed by atoms with Crippen LogP contribution in [0.3, 0.4) is 0 Å². The van der Waals surface area contributed by atoms with Gasteiger partial charge in [0.15, 0.2) is 17.3 Å². The average molecular weight is 383 g/mol. The number of tetrazole rings is 1. The van der Waals surface area contributed by atoms with Gasteiger partial charge in [-0.1, -0.05) is 0 Å². The number of hydrogen-bond acceptors (Lipinski definition) is 11. The van der Waals surface area contributed by atoms with E-state index < -0.39 is 0 Å². The molecule has 0 amide bonds. The summed E-state index contributed by atoms with van der Waals surface area (Å²) in [6.45, 7) is 3.11. The normalized spacial score (nSPS) is 15.8. The van der Waals surface area contributed by atoms with Crippen LogP contribution in [0.1, 0.15) is 5.82 Å². The molecule has 1 fully saturated rings. The Hall–Kier alpha value is -3.54. The van der Waals surface area contributed by atoms with E-state index in [1.165, 1.54) is 4.80 Å². The third kappa shape index (κ3) is 3.24. The molecule has 0 atom stereocenters. The molecule has 2 aliphatic rings. The summed E-state index contributed by atoms with van der Waals surface area (Å²) in [4.78, 5) is 16.3. The van der Waals surface area contributed by atoms with Gasteiger partial charge in [-0.25, -0.2) is 0 Å². The first-order valence-corrected chi connectivity index (χ1v) is 8.75. The molecular formula is C16H17N9O3. The highest BCUT2D eigenvalue weighted by Crippen LogP contribution is 2.34. The monoisotopic (exact) mass is 383 g/mol. The molecule has 3 aromatic rings. The first kappa shape index (κ1) is 16.6. The number of aromatic nitrogens is 7. The minimum atomic E-state index is 0.155. The van der Waals surface area contributed by atoms with E-state index in [1.54, 1.807) is 0 Å². The molecule has 0 bridgehead atoms. The Balaban J connectivity index is 1.36. The SMILES string of the molecule is Nc1nc(Cn2nnc(-c3ccc4c(c3)OCO4)n2)nc(N2CCOCC2)n1. The smallest absolute Gasteiger partial charge is 0.231 e. The van der Waals surface area contributed by atoms with Crippen molar-refractivity contribution in [2.24, 2.45) is 0 Å². The molecule has 4 heterocycles. The Kier molecular flexibility index (Phi) is 4.09. The van der Waals surface area contributed by atoms with E-state index in [2.05, 4.69) is 30.4 Å². The second-order valence-corrected chi connectivity index (χ2v) is 6.22. The van der Waals surface area contributed by atoms with E-state index in [-0.39, 0.29) is 19.3 Å². The van der Waals surface area contributed by atoms with Crippen molar-refractivity contribution in [3.8, 4) is 22.9 Å². The molecule has 28 heavy (non-hydrogen) atoms. The van der Waals surface area contributed by atoms with Crippen LogP contribution in [0.4, 0.5) is 11.9 Å². The summed E-state index contributed by atoms with van der Waals surface area (Å²) >= 11 is 0. The Morgan fingerprint density at radius 3 is 2.79 bits per heavy atom. The molecule has 12 heteroatoms. The highest BCUT2D eigenvalue weighted by atomic mass is 16.7.